The summed E-state index contributed by atoms with van der Waals surface area (Å²) in [6.45, 7) is 3.57. The SMILES string of the molecule is CN(C(=O)[C@@H]1CC[C@H](CN)O1)C1CCN(Cc2ccccc2)CC1. The average Bonchev–Trinajstić information content (AvgIpc) is 3.11. The fraction of sp³-hybridized carbons (Fsp3) is 0.632. The van der Waals surface area contributed by atoms with Crippen LogP contribution in [0, 0.1) is 0 Å². The monoisotopic (exact) mass is 331 g/mol. The van der Waals surface area contributed by atoms with Crippen molar-refractivity contribution < 1.29 is 9.53 Å². The predicted octanol–water partition coefficient (Wildman–Crippen LogP) is 1.62. The smallest absolute Gasteiger partial charge is 0.251 e. The number of carbonyl (C=O) groups is 1. The lowest BCUT2D eigenvalue weighted by Crippen LogP contribution is -2.48. The molecule has 2 fully saturated rings. The molecule has 2 saturated heterocycles. The van der Waals surface area contributed by atoms with Crippen LogP contribution in [-0.4, -0.2) is 60.6 Å². The molecule has 2 N–H and O–H groups in total. The van der Waals surface area contributed by atoms with Crippen molar-refractivity contribution in [2.24, 2.45) is 5.73 Å². The molecule has 0 unspecified atom stereocenters. The Kier molecular flexibility index (Phi) is 5.87. The summed E-state index contributed by atoms with van der Waals surface area (Å²) in [5.41, 5.74) is 6.99. The average molecular weight is 331 g/mol. The van der Waals surface area contributed by atoms with Crippen LogP contribution in [0.5, 0.6) is 0 Å². The molecule has 0 aliphatic carbocycles. The molecule has 1 amide bonds. The second-order valence-corrected chi connectivity index (χ2v) is 7.00. The van der Waals surface area contributed by atoms with Crippen molar-refractivity contribution in [3.8, 4) is 0 Å². The second-order valence-electron chi connectivity index (χ2n) is 7.00. The van der Waals surface area contributed by atoms with Crippen molar-refractivity contribution in [3.63, 3.8) is 0 Å². The van der Waals surface area contributed by atoms with Gasteiger partial charge in [0.05, 0.1) is 6.10 Å². The van der Waals surface area contributed by atoms with Crippen LogP contribution in [-0.2, 0) is 16.1 Å². The number of hydrogen-bond acceptors (Lipinski definition) is 4. The van der Waals surface area contributed by atoms with Gasteiger partial charge in [-0.1, -0.05) is 30.3 Å². The Labute approximate surface area is 144 Å². The topological polar surface area (TPSA) is 58.8 Å². The molecular weight excluding hydrogens is 302 g/mol. The molecule has 132 valence electrons. The molecule has 0 spiro atoms. The van der Waals surface area contributed by atoms with Gasteiger partial charge in [-0.25, -0.2) is 0 Å². The first-order valence-electron chi connectivity index (χ1n) is 9.06. The Morgan fingerprint density at radius 2 is 1.92 bits per heavy atom. The van der Waals surface area contributed by atoms with E-state index in [4.69, 9.17) is 10.5 Å². The van der Waals surface area contributed by atoms with E-state index in [1.165, 1.54) is 5.56 Å². The quantitative estimate of drug-likeness (QED) is 0.891. The van der Waals surface area contributed by atoms with Gasteiger partial charge in [-0.05, 0) is 31.2 Å². The fourth-order valence-electron chi connectivity index (χ4n) is 3.77. The summed E-state index contributed by atoms with van der Waals surface area (Å²) < 4.78 is 5.76. The number of piperidine rings is 1. The van der Waals surface area contributed by atoms with Gasteiger partial charge in [-0.15, -0.1) is 0 Å². The van der Waals surface area contributed by atoms with Crippen LogP contribution in [0.3, 0.4) is 0 Å². The maximum Gasteiger partial charge on any atom is 0.251 e. The summed E-state index contributed by atoms with van der Waals surface area (Å²) in [7, 11) is 1.93. The van der Waals surface area contributed by atoms with E-state index in [9.17, 15) is 4.79 Å². The van der Waals surface area contributed by atoms with E-state index in [2.05, 4.69) is 35.2 Å². The third-order valence-electron chi connectivity index (χ3n) is 5.35. The highest BCUT2D eigenvalue weighted by molar-refractivity contribution is 5.81. The number of amides is 1. The first-order chi connectivity index (χ1) is 11.7. The van der Waals surface area contributed by atoms with E-state index in [0.29, 0.717) is 12.6 Å². The number of ether oxygens (including phenoxy) is 1. The van der Waals surface area contributed by atoms with Gasteiger partial charge in [0.2, 0.25) is 0 Å². The van der Waals surface area contributed by atoms with Crippen LogP contribution in [0.2, 0.25) is 0 Å². The van der Waals surface area contributed by atoms with Crippen molar-refractivity contribution in [3.05, 3.63) is 35.9 Å². The zero-order valence-electron chi connectivity index (χ0n) is 14.6. The molecule has 2 heterocycles. The van der Waals surface area contributed by atoms with Crippen LogP contribution >= 0.6 is 0 Å². The van der Waals surface area contributed by atoms with E-state index >= 15 is 0 Å². The van der Waals surface area contributed by atoms with Gasteiger partial charge in [0.25, 0.3) is 5.91 Å². The molecular formula is C19H29N3O2. The zero-order valence-corrected chi connectivity index (χ0v) is 14.6. The lowest BCUT2D eigenvalue weighted by Gasteiger charge is -2.37. The summed E-state index contributed by atoms with van der Waals surface area (Å²) in [6, 6.07) is 10.9. The number of nitrogens with zero attached hydrogens (tertiary/aromatic N) is 2. The minimum Gasteiger partial charge on any atom is -0.364 e. The van der Waals surface area contributed by atoms with Gasteiger partial charge in [-0.2, -0.15) is 0 Å². The third kappa shape index (κ3) is 4.15. The van der Waals surface area contributed by atoms with Crippen LogP contribution in [0.25, 0.3) is 0 Å². The van der Waals surface area contributed by atoms with E-state index in [1.807, 2.05) is 11.9 Å². The van der Waals surface area contributed by atoms with Crippen molar-refractivity contribution in [2.75, 3.05) is 26.7 Å². The maximum atomic E-state index is 12.6. The third-order valence-corrected chi connectivity index (χ3v) is 5.35. The Hall–Kier alpha value is -1.43. The second kappa shape index (κ2) is 8.10. The minimum absolute atomic E-state index is 0.0556. The van der Waals surface area contributed by atoms with Gasteiger partial charge in [0, 0.05) is 39.3 Å². The Bertz CT molecular complexity index is 529. The number of hydrogen-bond donors (Lipinski definition) is 1. The number of nitrogens with two attached hydrogens (primary N) is 1. The molecule has 24 heavy (non-hydrogen) atoms. The van der Waals surface area contributed by atoms with Gasteiger partial charge >= 0.3 is 0 Å². The van der Waals surface area contributed by atoms with Crippen LogP contribution < -0.4 is 5.73 Å². The highest BCUT2D eigenvalue weighted by Crippen LogP contribution is 2.23. The van der Waals surface area contributed by atoms with E-state index < -0.39 is 0 Å². The maximum absolute atomic E-state index is 12.6. The number of carbonyl (C=O) groups excluding carboxylic acids is 1. The first kappa shape index (κ1) is 17.4. The van der Waals surface area contributed by atoms with Crippen molar-refractivity contribution in [1.82, 2.24) is 9.80 Å². The largest absolute Gasteiger partial charge is 0.364 e. The summed E-state index contributed by atoms with van der Waals surface area (Å²) in [6.07, 6.45) is 3.53. The van der Waals surface area contributed by atoms with Crippen LogP contribution in [0.4, 0.5) is 0 Å². The van der Waals surface area contributed by atoms with Gasteiger partial charge in [-0.3, -0.25) is 9.69 Å². The molecule has 3 rings (SSSR count). The Balaban J connectivity index is 1.46. The van der Waals surface area contributed by atoms with Gasteiger partial charge in [0.15, 0.2) is 0 Å². The number of likely N-dealkylation sites (tertiary alicyclic amines) is 1. The summed E-state index contributed by atoms with van der Waals surface area (Å²) in [5, 5.41) is 0. The zero-order chi connectivity index (χ0) is 16.9. The molecule has 1 aromatic rings. The van der Waals surface area contributed by atoms with E-state index in [-0.39, 0.29) is 18.1 Å². The van der Waals surface area contributed by atoms with E-state index in [0.717, 1.165) is 45.3 Å². The van der Waals surface area contributed by atoms with Crippen molar-refractivity contribution in [2.45, 2.75) is 50.5 Å². The molecule has 2 aliphatic rings. The molecule has 0 aromatic heterocycles. The molecule has 0 bridgehead atoms. The standard InChI is InChI=1S/C19H29N3O2/c1-21(19(23)18-8-7-17(13-20)24-18)16-9-11-22(12-10-16)14-15-5-3-2-4-6-15/h2-6,16-18H,7-14,20H2,1H3/t17-,18+/m1/s1. The molecule has 5 heteroatoms. The van der Waals surface area contributed by atoms with Crippen LogP contribution in [0.15, 0.2) is 30.3 Å². The first-order valence-corrected chi connectivity index (χ1v) is 9.06. The highest BCUT2D eigenvalue weighted by Gasteiger charge is 2.34. The summed E-state index contributed by atoms with van der Waals surface area (Å²) in [4.78, 5) is 17.0. The Morgan fingerprint density at radius 3 is 2.54 bits per heavy atom. The number of likely N-dealkylation sites (N-methyl/N-ethyl adjacent to an activating group) is 1. The van der Waals surface area contributed by atoms with Crippen LogP contribution in [0.1, 0.15) is 31.2 Å². The molecule has 0 saturated carbocycles. The lowest BCUT2D eigenvalue weighted by molar-refractivity contribution is -0.144. The summed E-state index contributed by atoms with van der Waals surface area (Å²) in [5.74, 6) is 0.132. The molecule has 1 aromatic carbocycles. The van der Waals surface area contributed by atoms with Crippen molar-refractivity contribution in [1.29, 1.82) is 0 Å². The summed E-state index contributed by atoms with van der Waals surface area (Å²) >= 11 is 0. The lowest BCUT2D eigenvalue weighted by atomic mass is 10.0. The predicted molar refractivity (Wildman–Crippen MR) is 94.5 cm³/mol. The van der Waals surface area contributed by atoms with E-state index in [1.54, 1.807) is 0 Å². The molecule has 0 radical (unpaired) electrons. The fourth-order valence-corrected chi connectivity index (χ4v) is 3.77. The molecule has 2 aliphatic heterocycles. The van der Waals surface area contributed by atoms with Gasteiger partial charge in [0.1, 0.15) is 6.10 Å². The minimum atomic E-state index is -0.286. The van der Waals surface area contributed by atoms with Crippen molar-refractivity contribution >= 4 is 5.91 Å². The molecule has 5 nitrogen and oxygen atoms in total. The normalized spacial score (nSPS) is 25.8. The molecule has 2 atom stereocenters. The number of benzene rings is 1. The number of rotatable bonds is 5. The Morgan fingerprint density at radius 1 is 1.21 bits per heavy atom. The van der Waals surface area contributed by atoms with Gasteiger partial charge < -0.3 is 15.4 Å². The highest BCUT2D eigenvalue weighted by atomic mass is 16.5.